The topological polar surface area (TPSA) is 62.5 Å². The summed E-state index contributed by atoms with van der Waals surface area (Å²) in [6.07, 6.45) is -1.16. The highest BCUT2D eigenvalue weighted by Gasteiger charge is 2.19. The monoisotopic (exact) mass is 243 g/mol. The number of halogens is 1. The molecule has 5 heteroatoms. The summed E-state index contributed by atoms with van der Waals surface area (Å²) in [4.78, 5) is 0. The molecule has 88 valence electrons. The average Bonchev–Trinajstić information content (AvgIpc) is 2.28. The van der Waals surface area contributed by atoms with Gasteiger partial charge in [-0.3, -0.25) is 5.41 Å². The van der Waals surface area contributed by atoms with E-state index >= 15 is 0 Å². The lowest BCUT2D eigenvalue weighted by Gasteiger charge is -2.15. The fraction of sp³-hybridized carbons (Fsp3) is 0.364. The van der Waals surface area contributed by atoms with Gasteiger partial charge in [0.15, 0.2) is 6.10 Å². The van der Waals surface area contributed by atoms with Crippen LogP contribution in [0.3, 0.4) is 0 Å². The van der Waals surface area contributed by atoms with E-state index in [0.29, 0.717) is 22.9 Å². The van der Waals surface area contributed by atoms with Gasteiger partial charge in [-0.2, -0.15) is 0 Å². The molecule has 0 heterocycles. The first-order valence-corrected chi connectivity index (χ1v) is 5.20. The molecule has 0 spiro atoms. The lowest BCUT2D eigenvalue weighted by atomic mass is 10.1. The molecule has 2 N–H and O–H groups in total. The molecule has 1 aromatic rings. The number of aliphatic hydroxyl groups excluding tert-OH is 1. The lowest BCUT2D eigenvalue weighted by Crippen LogP contribution is -2.15. The van der Waals surface area contributed by atoms with E-state index in [1.165, 1.54) is 7.11 Å². The highest BCUT2D eigenvalue weighted by atomic mass is 35.5. The first-order valence-electron chi connectivity index (χ1n) is 4.82. The Hall–Kier alpha value is -1.26. The van der Waals surface area contributed by atoms with Crippen LogP contribution in [0.15, 0.2) is 18.2 Å². The van der Waals surface area contributed by atoms with Crippen LogP contribution in [0.25, 0.3) is 0 Å². The zero-order valence-corrected chi connectivity index (χ0v) is 9.91. The maximum Gasteiger partial charge on any atom is 0.215 e. The summed E-state index contributed by atoms with van der Waals surface area (Å²) >= 11 is 5.82. The molecule has 1 atom stereocenters. The Morgan fingerprint density at radius 1 is 1.56 bits per heavy atom. The van der Waals surface area contributed by atoms with Crippen LogP contribution in [0.2, 0.25) is 5.02 Å². The van der Waals surface area contributed by atoms with Crippen molar-refractivity contribution < 1.29 is 14.6 Å². The molecule has 0 radical (unpaired) electrons. The molecule has 0 aliphatic carbocycles. The summed E-state index contributed by atoms with van der Waals surface area (Å²) in [5.74, 6) is 0.254. The van der Waals surface area contributed by atoms with E-state index in [9.17, 15) is 5.11 Å². The van der Waals surface area contributed by atoms with E-state index < -0.39 is 6.10 Å². The van der Waals surface area contributed by atoms with Crippen LogP contribution in [0.4, 0.5) is 0 Å². The second-order valence-corrected chi connectivity index (χ2v) is 3.52. The molecule has 0 aromatic heterocycles. The van der Waals surface area contributed by atoms with E-state index in [1.54, 1.807) is 25.1 Å². The van der Waals surface area contributed by atoms with Gasteiger partial charge in [-0.15, -0.1) is 0 Å². The molecule has 1 aromatic carbocycles. The van der Waals surface area contributed by atoms with E-state index in [0.717, 1.165) is 0 Å². The number of aliphatic hydroxyl groups is 1. The van der Waals surface area contributed by atoms with Gasteiger partial charge < -0.3 is 14.6 Å². The third kappa shape index (κ3) is 2.87. The van der Waals surface area contributed by atoms with Gasteiger partial charge in [0.2, 0.25) is 5.90 Å². The summed E-state index contributed by atoms with van der Waals surface area (Å²) < 4.78 is 10.0. The Morgan fingerprint density at radius 2 is 2.25 bits per heavy atom. The first-order chi connectivity index (χ1) is 7.60. The number of ether oxygens (including phenoxy) is 2. The molecule has 1 rings (SSSR count). The highest BCUT2D eigenvalue weighted by Crippen LogP contribution is 2.28. The Labute approximate surface area is 99.3 Å². The fourth-order valence-electron chi connectivity index (χ4n) is 1.29. The van der Waals surface area contributed by atoms with Crippen molar-refractivity contribution in [1.82, 2.24) is 0 Å². The summed E-state index contributed by atoms with van der Waals surface area (Å²) in [5.41, 5.74) is 0.424. The van der Waals surface area contributed by atoms with Crippen molar-refractivity contribution in [2.75, 3.05) is 13.7 Å². The Bertz CT molecular complexity index is 381. The van der Waals surface area contributed by atoms with Crippen molar-refractivity contribution in [3.05, 3.63) is 28.8 Å². The van der Waals surface area contributed by atoms with Crippen LogP contribution in [0.5, 0.6) is 5.75 Å². The van der Waals surface area contributed by atoms with Crippen molar-refractivity contribution in [3.63, 3.8) is 0 Å². The van der Waals surface area contributed by atoms with Crippen LogP contribution in [-0.2, 0) is 4.74 Å². The van der Waals surface area contributed by atoms with Crippen LogP contribution >= 0.6 is 11.6 Å². The molecule has 0 fully saturated rings. The minimum Gasteiger partial charge on any atom is -0.496 e. The third-order valence-corrected chi connectivity index (χ3v) is 2.27. The Morgan fingerprint density at radius 3 is 2.81 bits per heavy atom. The third-order valence-electron chi connectivity index (χ3n) is 2.03. The molecule has 0 saturated heterocycles. The predicted molar refractivity (Wildman–Crippen MR) is 62.3 cm³/mol. The van der Waals surface area contributed by atoms with Gasteiger partial charge in [0.25, 0.3) is 0 Å². The van der Waals surface area contributed by atoms with E-state index in [2.05, 4.69) is 0 Å². The minimum absolute atomic E-state index is 0.219. The molecule has 0 aliphatic rings. The van der Waals surface area contributed by atoms with Gasteiger partial charge in [-0.05, 0) is 25.1 Å². The van der Waals surface area contributed by atoms with Gasteiger partial charge in [0.1, 0.15) is 5.75 Å². The van der Waals surface area contributed by atoms with Crippen molar-refractivity contribution in [1.29, 1.82) is 5.41 Å². The summed E-state index contributed by atoms with van der Waals surface area (Å²) in [5, 5.41) is 17.8. The van der Waals surface area contributed by atoms with E-state index in [4.69, 9.17) is 26.5 Å². The van der Waals surface area contributed by atoms with Crippen LogP contribution in [0.1, 0.15) is 18.6 Å². The standard InChI is InChI=1S/C11H14ClNO3/c1-3-16-11(13)10(14)8-6-7(12)4-5-9(8)15-2/h4-6,10,13-14H,3H2,1-2H3/t10-/m1/s1. The summed E-state index contributed by atoms with van der Waals surface area (Å²) in [6.45, 7) is 2.08. The smallest absolute Gasteiger partial charge is 0.215 e. The van der Waals surface area contributed by atoms with Gasteiger partial charge in [-0.1, -0.05) is 11.6 Å². The van der Waals surface area contributed by atoms with Crippen LogP contribution < -0.4 is 4.74 Å². The normalized spacial score (nSPS) is 12.0. The fourth-order valence-corrected chi connectivity index (χ4v) is 1.48. The largest absolute Gasteiger partial charge is 0.496 e. The van der Waals surface area contributed by atoms with Gasteiger partial charge >= 0.3 is 0 Å². The van der Waals surface area contributed by atoms with Gasteiger partial charge in [0.05, 0.1) is 13.7 Å². The number of hydrogen-bond acceptors (Lipinski definition) is 4. The molecule has 0 unspecified atom stereocenters. The second kappa shape index (κ2) is 5.72. The Kier molecular flexibility index (Phi) is 4.58. The average molecular weight is 244 g/mol. The SMILES string of the molecule is CCOC(=N)[C@H](O)c1cc(Cl)ccc1OC. The van der Waals surface area contributed by atoms with Crippen molar-refractivity contribution in [3.8, 4) is 5.75 Å². The zero-order chi connectivity index (χ0) is 12.1. The van der Waals surface area contributed by atoms with Gasteiger partial charge in [0, 0.05) is 10.6 Å². The number of hydrogen-bond donors (Lipinski definition) is 2. The predicted octanol–water partition coefficient (Wildman–Crippen LogP) is 2.40. The molecule has 0 saturated carbocycles. The molecule has 0 amide bonds. The quantitative estimate of drug-likeness (QED) is 0.631. The maximum atomic E-state index is 9.87. The van der Waals surface area contributed by atoms with E-state index in [-0.39, 0.29) is 5.90 Å². The summed E-state index contributed by atoms with van der Waals surface area (Å²) in [6, 6.07) is 4.85. The molecule has 4 nitrogen and oxygen atoms in total. The highest BCUT2D eigenvalue weighted by molar-refractivity contribution is 6.30. The second-order valence-electron chi connectivity index (χ2n) is 3.09. The molecular weight excluding hydrogens is 230 g/mol. The number of nitrogens with one attached hydrogen (secondary N) is 1. The molecule has 0 aliphatic heterocycles. The molecular formula is C11H14ClNO3. The van der Waals surface area contributed by atoms with Crippen LogP contribution in [0, 0.1) is 5.41 Å². The number of methoxy groups -OCH3 is 1. The molecule has 16 heavy (non-hydrogen) atoms. The zero-order valence-electron chi connectivity index (χ0n) is 9.16. The molecule has 0 bridgehead atoms. The number of rotatable bonds is 4. The van der Waals surface area contributed by atoms with Crippen molar-refractivity contribution in [2.24, 2.45) is 0 Å². The summed E-state index contributed by atoms with van der Waals surface area (Å²) in [7, 11) is 1.49. The van der Waals surface area contributed by atoms with Crippen LogP contribution in [-0.4, -0.2) is 24.7 Å². The van der Waals surface area contributed by atoms with Gasteiger partial charge in [-0.25, -0.2) is 0 Å². The Balaban J connectivity index is 3.01. The maximum absolute atomic E-state index is 9.87. The lowest BCUT2D eigenvalue weighted by molar-refractivity contribution is 0.187. The first kappa shape index (κ1) is 12.8. The van der Waals surface area contributed by atoms with Crippen molar-refractivity contribution >= 4 is 17.5 Å². The van der Waals surface area contributed by atoms with Crippen molar-refractivity contribution in [2.45, 2.75) is 13.0 Å². The number of benzene rings is 1. The van der Waals surface area contributed by atoms with E-state index in [1.807, 2.05) is 0 Å². The minimum atomic E-state index is -1.16.